The van der Waals surface area contributed by atoms with Crippen molar-refractivity contribution in [3.05, 3.63) is 29.3 Å². The Morgan fingerprint density at radius 3 is 2.40 bits per heavy atom. The van der Waals surface area contributed by atoms with Crippen LogP contribution in [0.25, 0.3) is 0 Å². The topological polar surface area (TPSA) is 58.2 Å². The summed E-state index contributed by atoms with van der Waals surface area (Å²) in [6.45, 7) is 9.28. The van der Waals surface area contributed by atoms with E-state index in [1.54, 1.807) is 0 Å². The molecule has 0 saturated heterocycles. The summed E-state index contributed by atoms with van der Waals surface area (Å²) in [5.74, 6) is -0.327. The van der Waals surface area contributed by atoms with Gasteiger partial charge in [-0.05, 0) is 30.4 Å². The molecule has 0 bridgehead atoms. The van der Waals surface area contributed by atoms with Gasteiger partial charge in [0.2, 0.25) is 11.8 Å². The summed E-state index contributed by atoms with van der Waals surface area (Å²) < 4.78 is 0. The van der Waals surface area contributed by atoms with E-state index >= 15 is 0 Å². The molecule has 0 aliphatic carbocycles. The van der Waals surface area contributed by atoms with Crippen LogP contribution < -0.4 is 10.6 Å². The Hall–Kier alpha value is -1.84. The number of nitrogens with one attached hydrogen (secondary N) is 2. The van der Waals surface area contributed by atoms with Gasteiger partial charge >= 0.3 is 0 Å². The van der Waals surface area contributed by atoms with Crippen LogP contribution in [0.15, 0.2) is 18.2 Å². The van der Waals surface area contributed by atoms with Gasteiger partial charge in [0.05, 0.1) is 0 Å². The zero-order chi connectivity index (χ0) is 15.3. The van der Waals surface area contributed by atoms with Crippen molar-refractivity contribution in [3.63, 3.8) is 0 Å². The molecule has 0 spiro atoms. The monoisotopic (exact) mass is 276 g/mol. The molecule has 4 nitrogen and oxygen atoms in total. The summed E-state index contributed by atoms with van der Waals surface area (Å²) in [4.78, 5) is 23.6. The van der Waals surface area contributed by atoms with Gasteiger partial charge in [-0.1, -0.05) is 39.0 Å². The Morgan fingerprint density at radius 1 is 1.25 bits per heavy atom. The van der Waals surface area contributed by atoms with Crippen LogP contribution in [0.5, 0.6) is 0 Å². The molecule has 0 radical (unpaired) electrons. The molecule has 0 heterocycles. The SMILES string of the molecule is CCc1cccc(C)c1NC(=O)[C@H](NC(C)=O)C(C)C. The number of carbonyl (C=O) groups excluding carboxylic acids is 2. The predicted octanol–water partition coefficient (Wildman–Crippen LogP) is 2.66. The number of anilines is 1. The van der Waals surface area contributed by atoms with Gasteiger partial charge in [-0.2, -0.15) is 0 Å². The van der Waals surface area contributed by atoms with E-state index < -0.39 is 6.04 Å². The molecule has 0 fully saturated rings. The molecule has 1 aromatic rings. The fourth-order valence-electron chi connectivity index (χ4n) is 2.16. The molecule has 2 N–H and O–H groups in total. The first-order chi connectivity index (χ1) is 9.36. The number of hydrogen-bond donors (Lipinski definition) is 2. The van der Waals surface area contributed by atoms with Gasteiger partial charge in [-0.25, -0.2) is 0 Å². The molecule has 2 amide bonds. The standard InChI is InChI=1S/C16H24N2O2/c1-6-13-9-7-8-11(4)15(13)18-16(20)14(10(2)3)17-12(5)19/h7-10,14H,6H2,1-5H3,(H,17,19)(H,18,20)/t14-/m1/s1. The normalized spacial score (nSPS) is 12.1. The van der Waals surface area contributed by atoms with Crippen molar-refractivity contribution in [1.82, 2.24) is 5.32 Å². The molecule has 0 aromatic heterocycles. The number of carbonyl (C=O) groups is 2. The number of aryl methyl sites for hydroxylation is 2. The lowest BCUT2D eigenvalue weighted by Gasteiger charge is -2.22. The van der Waals surface area contributed by atoms with Crippen LogP contribution in [0, 0.1) is 12.8 Å². The number of para-hydroxylation sites is 1. The van der Waals surface area contributed by atoms with Gasteiger partial charge < -0.3 is 10.6 Å². The molecular formula is C16H24N2O2. The van der Waals surface area contributed by atoms with Crippen molar-refractivity contribution >= 4 is 17.5 Å². The number of amides is 2. The van der Waals surface area contributed by atoms with Crippen molar-refractivity contribution in [2.45, 2.75) is 47.1 Å². The number of hydrogen-bond acceptors (Lipinski definition) is 2. The summed E-state index contributed by atoms with van der Waals surface area (Å²) in [5, 5.41) is 5.67. The first kappa shape index (κ1) is 16.2. The highest BCUT2D eigenvalue weighted by molar-refractivity contribution is 5.98. The zero-order valence-corrected chi connectivity index (χ0v) is 12.9. The third-order valence-corrected chi connectivity index (χ3v) is 3.30. The molecule has 1 rings (SSSR count). The molecular weight excluding hydrogens is 252 g/mol. The molecule has 0 unspecified atom stereocenters. The lowest BCUT2D eigenvalue weighted by Crippen LogP contribution is -2.46. The Morgan fingerprint density at radius 2 is 1.90 bits per heavy atom. The van der Waals surface area contributed by atoms with Crippen LogP contribution >= 0.6 is 0 Å². The molecule has 1 atom stereocenters. The molecule has 1 aromatic carbocycles. The first-order valence-corrected chi connectivity index (χ1v) is 7.03. The van der Waals surface area contributed by atoms with E-state index in [4.69, 9.17) is 0 Å². The van der Waals surface area contributed by atoms with E-state index in [9.17, 15) is 9.59 Å². The molecule has 20 heavy (non-hydrogen) atoms. The van der Waals surface area contributed by atoms with Crippen molar-refractivity contribution in [2.24, 2.45) is 5.92 Å². The van der Waals surface area contributed by atoms with E-state index in [2.05, 4.69) is 17.6 Å². The van der Waals surface area contributed by atoms with Crippen LogP contribution in [-0.4, -0.2) is 17.9 Å². The van der Waals surface area contributed by atoms with Crippen LogP contribution in [0.1, 0.15) is 38.8 Å². The largest absolute Gasteiger partial charge is 0.344 e. The van der Waals surface area contributed by atoms with E-state index in [0.717, 1.165) is 23.2 Å². The smallest absolute Gasteiger partial charge is 0.247 e. The van der Waals surface area contributed by atoms with E-state index in [1.165, 1.54) is 6.92 Å². The Bertz CT molecular complexity index is 495. The fourth-order valence-corrected chi connectivity index (χ4v) is 2.16. The van der Waals surface area contributed by atoms with Crippen LogP contribution in [0.3, 0.4) is 0 Å². The Balaban J connectivity index is 2.96. The maximum atomic E-state index is 12.4. The van der Waals surface area contributed by atoms with Crippen LogP contribution in [-0.2, 0) is 16.0 Å². The highest BCUT2D eigenvalue weighted by atomic mass is 16.2. The lowest BCUT2D eigenvalue weighted by atomic mass is 10.0. The maximum absolute atomic E-state index is 12.4. The third kappa shape index (κ3) is 4.08. The zero-order valence-electron chi connectivity index (χ0n) is 12.9. The average Bonchev–Trinajstić information content (AvgIpc) is 2.37. The van der Waals surface area contributed by atoms with Gasteiger partial charge in [-0.3, -0.25) is 9.59 Å². The van der Waals surface area contributed by atoms with E-state index in [1.807, 2.05) is 39.0 Å². The number of benzene rings is 1. The second-order valence-electron chi connectivity index (χ2n) is 5.37. The lowest BCUT2D eigenvalue weighted by molar-refractivity contribution is -0.126. The van der Waals surface area contributed by atoms with Gasteiger partial charge in [-0.15, -0.1) is 0 Å². The second-order valence-corrected chi connectivity index (χ2v) is 5.37. The summed E-state index contributed by atoms with van der Waals surface area (Å²) in [7, 11) is 0. The molecule has 0 saturated carbocycles. The van der Waals surface area contributed by atoms with Crippen LogP contribution in [0.4, 0.5) is 5.69 Å². The van der Waals surface area contributed by atoms with Gasteiger partial charge in [0.1, 0.15) is 6.04 Å². The molecule has 0 aliphatic rings. The first-order valence-electron chi connectivity index (χ1n) is 7.03. The van der Waals surface area contributed by atoms with Crippen molar-refractivity contribution < 1.29 is 9.59 Å². The minimum absolute atomic E-state index is 0.0352. The minimum atomic E-state index is -0.517. The highest BCUT2D eigenvalue weighted by Gasteiger charge is 2.23. The summed E-state index contributed by atoms with van der Waals surface area (Å²) in [6.07, 6.45) is 0.851. The van der Waals surface area contributed by atoms with E-state index in [0.29, 0.717) is 0 Å². The minimum Gasteiger partial charge on any atom is -0.344 e. The Labute approximate surface area is 121 Å². The van der Waals surface area contributed by atoms with Crippen molar-refractivity contribution in [2.75, 3.05) is 5.32 Å². The Kier molecular flexibility index (Phi) is 5.74. The van der Waals surface area contributed by atoms with E-state index in [-0.39, 0.29) is 17.7 Å². The second kappa shape index (κ2) is 7.08. The van der Waals surface area contributed by atoms with Gasteiger partial charge in [0.25, 0.3) is 0 Å². The molecule has 110 valence electrons. The maximum Gasteiger partial charge on any atom is 0.247 e. The quantitative estimate of drug-likeness (QED) is 0.868. The van der Waals surface area contributed by atoms with Crippen LogP contribution in [0.2, 0.25) is 0 Å². The molecule has 0 aliphatic heterocycles. The average molecular weight is 276 g/mol. The predicted molar refractivity (Wildman–Crippen MR) is 81.6 cm³/mol. The number of rotatable bonds is 5. The fraction of sp³-hybridized carbons (Fsp3) is 0.500. The van der Waals surface area contributed by atoms with Gasteiger partial charge in [0.15, 0.2) is 0 Å². The third-order valence-electron chi connectivity index (χ3n) is 3.30. The van der Waals surface area contributed by atoms with Gasteiger partial charge in [0, 0.05) is 12.6 Å². The van der Waals surface area contributed by atoms with Crippen molar-refractivity contribution in [3.8, 4) is 0 Å². The summed E-state index contributed by atoms with van der Waals surface area (Å²) in [6, 6.07) is 5.44. The summed E-state index contributed by atoms with van der Waals surface area (Å²) >= 11 is 0. The summed E-state index contributed by atoms with van der Waals surface area (Å²) in [5.41, 5.74) is 2.99. The molecule has 4 heteroatoms. The highest BCUT2D eigenvalue weighted by Crippen LogP contribution is 2.21. The van der Waals surface area contributed by atoms with Crippen molar-refractivity contribution in [1.29, 1.82) is 0 Å².